The number of hydrogen-bond donors (Lipinski definition) is 2. The fraction of sp³-hybridized carbons (Fsp3) is 0.619. The van der Waals surface area contributed by atoms with Gasteiger partial charge in [-0.05, 0) is 37.3 Å². The SMILES string of the molecule is CCNC(=NCc1ccccc1COC)NCCCN1CCCCCC1=O.I. The monoisotopic (exact) mass is 502 g/mol. The van der Waals surface area contributed by atoms with Gasteiger partial charge in [0, 0.05) is 39.7 Å². The lowest BCUT2D eigenvalue weighted by molar-refractivity contribution is -0.130. The predicted molar refractivity (Wildman–Crippen MR) is 125 cm³/mol. The molecule has 1 saturated heterocycles. The first-order chi connectivity index (χ1) is 13.2. The molecule has 1 aromatic rings. The molecule has 0 aliphatic carbocycles. The Morgan fingerprint density at radius 1 is 1.18 bits per heavy atom. The first-order valence-electron chi connectivity index (χ1n) is 10.1. The molecule has 28 heavy (non-hydrogen) atoms. The van der Waals surface area contributed by atoms with Crippen LogP contribution in [-0.2, 0) is 22.7 Å². The number of halogens is 1. The van der Waals surface area contributed by atoms with Gasteiger partial charge in [-0.25, -0.2) is 4.99 Å². The number of benzene rings is 1. The Bertz CT molecular complexity index is 610. The third-order valence-corrected chi connectivity index (χ3v) is 4.74. The van der Waals surface area contributed by atoms with E-state index in [1.165, 1.54) is 17.5 Å². The molecule has 0 unspecified atom stereocenters. The molecule has 0 saturated carbocycles. The summed E-state index contributed by atoms with van der Waals surface area (Å²) in [6, 6.07) is 8.22. The number of carbonyl (C=O) groups excluding carboxylic acids is 1. The van der Waals surface area contributed by atoms with Crippen molar-refractivity contribution in [2.45, 2.75) is 52.2 Å². The average molecular weight is 502 g/mol. The van der Waals surface area contributed by atoms with Crippen LogP contribution in [0.3, 0.4) is 0 Å². The van der Waals surface area contributed by atoms with Crippen molar-refractivity contribution in [1.82, 2.24) is 15.5 Å². The van der Waals surface area contributed by atoms with Crippen LogP contribution >= 0.6 is 24.0 Å². The molecule has 0 atom stereocenters. The molecule has 7 heteroatoms. The topological polar surface area (TPSA) is 66.0 Å². The Labute approximate surface area is 186 Å². The fourth-order valence-corrected chi connectivity index (χ4v) is 3.27. The van der Waals surface area contributed by atoms with Crippen molar-refractivity contribution in [2.75, 3.05) is 33.3 Å². The van der Waals surface area contributed by atoms with Gasteiger partial charge in [-0.15, -0.1) is 24.0 Å². The van der Waals surface area contributed by atoms with Gasteiger partial charge in [0.1, 0.15) is 0 Å². The number of nitrogens with zero attached hydrogens (tertiary/aromatic N) is 2. The molecular weight excluding hydrogens is 467 g/mol. The maximum atomic E-state index is 12.0. The Hall–Kier alpha value is -1.35. The Kier molecular flexibility index (Phi) is 12.9. The Morgan fingerprint density at radius 3 is 2.71 bits per heavy atom. The normalized spacial score (nSPS) is 15.0. The van der Waals surface area contributed by atoms with Gasteiger partial charge in [0.2, 0.25) is 5.91 Å². The maximum absolute atomic E-state index is 12.0. The number of likely N-dealkylation sites (tertiary alicyclic amines) is 1. The molecule has 158 valence electrons. The van der Waals surface area contributed by atoms with E-state index in [0.29, 0.717) is 25.5 Å². The summed E-state index contributed by atoms with van der Waals surface area (Å²) in [5.41, 5.74) is 2.34. The summed E-state index contributed by atoms with van der Waals surface area (Å²) < 4.78 is 5.27. The summed E-state index contributed by atoms with van der Waals surface area (Å²) in [6.07, 6.45) is 4.97. The Balaban J connectivity index is 0.00000392. The molecule has 6 nitrogen and oxygen atoms in total. The largest absolute Gasteiger partial charge is 0.380 e. The highest BCUT2D eigenvalue weighted by molar-refractivity contribution is 14.0. The minimum atomic E-state index is 0. The maximum Gasteiger partial charge on any atom is 0.222 e. The van der Waals surface area contributed by atoms with Gasteiger partial charge in [-0.2, -0.15) is 0 Å². The summed E-state index contributed by atoms with van der Waals surface area (Å²) >= 11 is 0. The molecule has 0 bridgehead atoms. The van der Waals surface area contributed by atoms with Crippen LogP contribution in [0.5, 0.6) is 0 Å². The summed E-state index contributed by atoms with van der Waals surface area (Å²) in [5, 5.41) is 6.67. The molecule has 1 heterocycles. The van der Waals surface area contributed by atoms with E-state index in [2.05, 4.69) is 29.7 Å². The van der Waals surface area contributed by atoms with E-state index in [1.807, 2.05) is 17.0 Å². The van der Waals surface area contributed by atoms with Crippen molar-refractivity contribution < 1.29 is 9.53 Å². The van der Waals surface area contributed by atoms with Gasteiger partial charge in [0.15, 0.2) is 5.96 Å². The standard InChI is InChI=1S/C21H34N4O2.HI/c1-3-22-21(24-16-18-10-6-7-11-19(18)17-27-2)23-13-9-15-25-14-8-4-5-12-20(25)26;/h6-7,10-11H,3-5,8-9,12-17H2,1-2H3,(H2,22,23,24);1H. The minimum Gasteiger partial charge on any atom is -0.380 e. The molecule has 2 N–H and O–H groups in total. The van der Waals surface area contributed by atoms with Crippen LogP contribution in [0.4, 0.5) is 0 Å². The number of carbonyl (C=O) groups is 1. The molecule has 0 aromatic heterocycles. The molecule has 1 aliphatic rings. The lowest BCUT2D eigenvalue weighted by Crippen LogP contribution is -2.39. The van der Waals surface area contributed by atoms with Crippen LogP contribution < -0.4 is 10.6 Å². The minimum absolute atomic E-state index is 0. The molecule has 1 fully saturated rings. The fourth-order valence-electron chi connectivity index (χ4n) is 3.27. The quantitative estimate of drug-likeness (QED) is 0.236. The number of rotatable bonds is 9. The molecule has 0 spiro atoms. The van der Waals surface area contributed by atoms with Crippen LogP contribution in [0.15, 0.2) is 29.3 Å². The van der Waals surface area contributed by atoms with E-state index in [4.69, 9.17) is 9.73 Å². The zero-order valence-electron chi connectivity index (χ0n) is 17.2. The third kappa shape index (κ3) is 8.77. The summed E-state index contributed by atoms with van der Waals surface area (Å²) in [4.78, 5) is 18.8. The van der Waals surface area contributed by atoms with Gasteiger partial charge < -0.3 is 20.3 Å². The van der Waals surface area contributed by atoms with Gasteiger partial charge >= 0.3 is 0 Å². The second-order valence-corrected chi connectivity index (χ2v) is 6.87. The average Bonchev–Trinajstić information content (AvgIpc) is 2.88. The molecular formula is C21H35IN4O2. The molecule has 1 amide bonds. The Morgan fingerprint density at radius 2 is 1.96 bits per heavy atom. The number of ether oxygens (including phenoxy) is 1. The van der Waals surface area contributed by atoms with E-state index in [1.54, 1.807) is 7.11 Å². The predicted octanol–water partition coefficient (Wildman–Crippen LogP) is 3.30. The lowest BCUT2D eigenvalue weighted by atomic mass is 10.1. The van der Waals surface area contributed by atoms with Crippen molar-refractivity contribution in [2.24, 2.45) is 4.99 Å². The van der Waals surface area contributed by atoms with Crippen LogP contribution in [0.25, 0.3) is 0 Å². The van der Waals surface area contributed by atoms with E-state index >= 15 is 0 Å². The first-order valence-corrected chi connectivity index (χ1v) is 10.1. The van der Waals surface area contributed by atoms with E-state index in [9.17, 15) is 4.79 Å². The van der Waals surface area contributed by atoms with Gasteiger partial charge in [-0.3, -0.25) is 4.79 Å². The number of aliphatic imine (C=N–C) groups is 1. The molecule has 1 aliphatic heterocycles. The second-order valence-electron chi connectivity index (χ2n) is 6.87. The van der Waals surface area contributed by atoms with Crippen LogP contribution in [0, 0.1) is 0 Å². The number of amides is 1. The second kappa shape index (κ2) is 14.6. The zero-order valence-corrected chi connectivity index (χ0v) is 19.5. The van der Waals surface area contributed by atoms with E-state index in [-0.39, 0.29) is 24.0 Å². The van der Waals surface area contributed by atoms with Gasteiger partial charge in [-0.1, -0.05) is 30.7 Å². The lowest BCUT2D eigenvalue weighted by Gasteiger charge is -2.20. The van der Waals surface area contributed by atoms with Crippen molar-refractivity contribution >= 4 is 35.8 Å². The number of hydrogen-bond acceptors (Lipinski definition) is 3. The molecule has 0 radical (unpaired) electrons. The van der Waals surface area contributed by atoms with E-state index < -0.39 is 0 Å². The number of nitrogens with one attached hydrogen (secondary N) is 2. The number of methoxy groups -OCH3 is 1. The molecule has 1 aromatic carbocycles. The van der Waals surface area contributed by atoms with Crippen molar-refractivity contribution in [1.29, 1.82) is 0 Å². The van der Waals surface area contributed by atoms with Crippen molar-refractivity contribution in [3.63, 3.8) is 0 Å². The highest BCUT2D eigenvalue weighted by Crippen LogP contribution is 2.12. The highest BCUT2D eigenvalue weighted by Gasteiger charge is 2.15. The summed E-state index contributed by atoms with van der Waals surface area (Å²) in [5.74, 6) is 1.12. The smallest absolute Gasteiger partial charge is 0.222 e. The number of guanidine groups is 1. The molecule has 2 rings (SSSR count). The van der Waals surface area contributed by atoms with Gasteiger partial charge in [0.25, 0.3) is 0 Å². The highest BCUT2D eigenvalue weighted by atomic mass is 127. The van der Waals surface area contributed by atoms with Crippen LogP contribution in [0.2, 0.25) is 0 Å². The summed E-state index contributed by atoms with van der Waals surface area (Å²) in [6.45, 7) is 6.61. The van der Waals surface area contributed by atoms with Crippen LogP contribution in [0.1, 0.15) is 50.2 Å². The van der Waals surface area contributed by atoms with Crippen LogP contribution in [-0.4, -0.2) is 50.1 Å². The van der Waals surface area contributed by atoms with Crippen molar-refractivity contribution in [3.8, 4) is 0 Å². The third-order valence-electron chi connectivity index (χ3n) is 4.74. The van der Waals surface area contributed by atoms with E-state index in [0.717, 1.165) is 51.4 Å². The van der Waals surface area contributed by atoms with Crippen molar-refractivity contribution in [3.05, 3.63) is 35.4 Å². The first kappa shape index (κ1) is 24.7. The summed E-state index contributed by atoms with van der Waals surface area (Å²) in [7, 11) is 1.71. The zero-order chi connectivity index (χ0) is 19.3. The van der Waals surface area contributed by atoms with Gasteiger partial charge in [0.05, 0.1) is 13.2 Å².